The Labute approximate surface area is 75.7 Å². The highest BCUT2D eigenvalue weighted by Gasteiger charge is 2.36. The highest BCUT2D eigenvalue weighted by atomic mass is 16.5. The SMILES string of the molecule is CC(C)CNC1(C)CCOC1C. The van der Waals surface area contributed by atoms with Gasteiger partial charge in [-0.25, -0.2) is 0 Å². The molecule has 0 bridgehead atoms. The second-order valence-corrected chi connectivity index (χ2v) is 4.46. The van der Waals surface area contributed by atoms with Gasteiger partial charge >= 0.3 is 0 Å². The van der Waals surface area contributed by atoms with Crippen LogP contribution in [-0.4, -0.2) is 24.8 Å². The van der Waals surface area contributed by atoms with Crippen molar-refractivity contribution in [3.8, 4) is 0 Å². The van der Waals surface area contributed by atoms with Gasteiger partial charge in [0.2, 0.25) is 0 Å². The molecule has 1 aliphatic rings. The van der Waals surface area contributed by atoms with E-state index in [0.29, 0.717) is 6.10 Å². The van der Waals surface area contributed by atoms with Gasteiger partial charge in [0, 0.05) is 12.1 Å². The number of ether oxygens (including phenoxy) is 1. The number of rotatable bonds is 3. The predicted molar refractivity (Wildman–Crippen MR) is 51.3 cm³/mol. The van der Waals surface area contributed by atoms with Crippen LogP contribution in [0.2, 0.25) is 0 Å². The van der Waals surface area contributed by atoms with E-state index in [1.807, 2.05) is 0 Å². The van der Waals surface area contributed by atoms with Gasteiger partial charge in [0.1, 0.15) is 0 Å². The van der Waals surface area contributed by atoms with Gasteiger partial charge in [-0.3, -0.25) is 0 Å². The maximum Gasteiger partial charge on any atom is 0.0726 e. The average Bonchev–Trinajstić information content (AvgIpc) is 2.30. The Morgan fingerprint density at radius 2 is 2.25 bits per heavy atom. The van der Waals surface area contributed by atoms with E-state index in [1.54, 1.807) is 0 Å². The molecular weight excluding hydrogens is 150 g/mol. The van der Waals surface area contributed by atoms with E-state index in [1.165, 1.54) is 0 Å². The fraction of sp³-hybridized carbons (Fsp3) is 1.00. The van der Waals surface area contributed by atoms with Crippen LogP contribution in [0.1, 0.15) is 34.1 Å². The third kappa shape index (κ3) is 2.20. The van der Waals surface area contributed by atoms with E-state index in [2.05, 4.69) is 33.0 Å². The first-order valence-corrected chi connectivity index (χ1v) is 4.91. The minimum atomic E-state index is 0.213. The van der Waals surface area contributed by atoms with E-state index in [4.69, 9.17) is 4.74 Å². The van der Waals surface area contributed by atoms with Crippen LogP contribution in [0.5, 0.6) is 0 Å². The summed E-state index contributed by atoms with van der Waals surface area (Å²) in [6.07, 6.45) is 1.50. The first-order valence-electron chi connectivity index (χ1n) is 4.91. The lowest BCUT2D eigenvalue weighted by atomic mass is 9.94. The molecule has 1 rings (SSSR count). The van der Waals surface area contributed by atoms with Crippen LogP contribution < -0.4 is 5.32 Å². The van der Waals surface area contributed by atoms with Gasteiger partial charge in [0.15, 0.2) is 0 Å². The van der Waals surface area contributed by atoms with Crippen molar-refractivity contribution in [2.45, 2.75) is 45.8 Å². The van der Waals surface area contributed by atoms with Gasteiger partial charge in [0.25, 0.3) is 0 Å². The van der Waals surface area contributed by atoms with Crippen molar-refractivity contribution in [2.24, 2.45) is 5.92 Å². The van der Waals surface area contributed by atoms with Crippen molar-refractivity contribution in [1.82, 2.24) is 5.32 Å². The Bertz CT molecular complexity index is 147. The molecule has 2 nitrogen and oxygen atoms in total. The molecule has 2 heteroatoms. The zero-order chi connectivity index (χ0) is 9.19. The third-order valence-electron chi connectivity index (χ3n) is 2.80. The minimum Gasteiger partial charge on any atom is -0.377 e. The molecule has 0 spiro atoms. The van der Waals surface area contributed by atoms with Crippen molar-refractivity contribution >= 4 is 0 Å². The summed E-state index contributed by atoms with van der Waals surface area (Å²) in [6.45, 7) is 10.9. The predicted octanol–water partition coefficient (Wildman–Crippen LogP) is 1.80. The maximum atomic E-state index is 5.54. The lowest BCUT2D eigenvalue weighted by Gasteiger charge is -2.29. The van der Waals surface area contributed by atoms with Gasteiger partial charge in [-0.15, -0.1) is 0 Å². The Kier molecular flexibility index (Phi) is 3.13. The normalized spacial score (nSPS) is 36.2. The minimum absolute atomic E-state index is 0.213. The van der Waals surface area contributed by atoms with E-state index in [9.17, 15) is 0 Å². The Balaban J connectivity index is 2.37. The molecule has 1 heterocycles. The number of hydrogen-bond acceptors (Lipinski definition) is 2. The molecular formula is C10H21NO. The second kappa shape index (κ2) is 3.75. The standard InChI is InChI=1S/C10H21NO/c1-8(2)7-11-10(4)5-6-12-9(10)3/h8-9,11H,5-7H2,1-4H3. The lowest BCUT2D eigenvalue weighted by molar-refractivity contribution is 0.0877. The molecule has 0 aliphatic carbocycles. The van der Waals surface area contributed by atoms with Crippen LogP contribution in [-0.2, 0) is 4.74 Å². The number of hydrogen-bond donors (Lipinski definition) is 1. The molecule has 2 unspecified atom stereocenters. The Hall–Kier alpha value is -0.0800. The summed E-state index contributed by atoms with van der Waals surface area (Å²) in [6, 6.07) is 0. The lowest BCUT2D eigenvalue weighted by Crippen LogP contribution is -2.48. The smallest absolute Gasteiger partial charge is 0.0726 e. The fourth-order valence-electron chi connectivity index (χ4n) is 1.50. The van der Waals surface area contributed by atoms with Gasteiger partial charge in [-0.05, 0) is 32.7 Å². The molecule has 0 aromatic rings. The number of nitrogens with one attached hydrogen (secondary N) is 1. The summed E-state index contributed by atoms with van der Waals surface area (Å²) >= 11 is 0. The van der Waals surface area contributed by atoms with Gasteiger partial charge in [-0.1, -0.05) is 13.8 Å². The molecule has 0 aromatic heterocycles. The van der Waals surface area contributed by atoms with E-state index >= 15 is 0 Å². The zero-order valence-corrected chi connectivity index (χ0v) is 8.68. The molecule has 12 heavy (non-hydrogen) atoms. The highest BCUT2D eigenvalue weighted by Crippen LogP contribution is 2.24. The van der Waals surface area contributed by atoms with Crippen LogP contribution in [0.3, 0.4) is 0 Å². The monoisotopic (exact) mass is 171 g/mol. The average molecular weight is 171 g/mol. The third-order valence-corrected chi connectivity index (χ3v) is 2.80. The molecule has 1 fully saturated rings. The second-order valence-electron chi connectivity index (χ2n) is 4.46. The van der Waals surface area contributed by atoms with Crippen molar-refractivity contribution in [1.29, 1.82) is 0 Å². The molecule has 0 amide bonds. The van der Waals surface area contributed by atoms with Crippen molar-refractivity contribution in [2.75, 3.05) is 13.2 Å². The van der Waals surface area contributed by atoms with Crippen LogP contribution in [0.4, 0.5) is 0 Å². The summed E-state index contributed by atoms with van der Waals surface area (Å²) in [5, 5.41) is 3.58. The van der Waals surface area contributed by atoms with Crippen LogP contribution >= 0.6 is 0 Å². The van der Waals surface area contributed by atoms with Crippen molar-refractivity contribution in [3.05, 3.63) is 0 Å². The summed E-state index contributed by atoms with van der Waals surface area (Å²) in [5.41, 5.74) is 0.213. The van der Waals surface area contributed by atoms with Gasteiger partial charge in [-0.2, -0.15) is 0 Å². The summed E-state index contributed by atoms with van der Waals surface area (Å²) < 4.78 is 5.54. The largest absolute Gasteiger partial charge is 0.377 e. The molecule has 0 aromatic carbocycles. The highest BCUT2D eigenvalue weighted by molar-refractivity contribution is 4.93. The molecule has 1 N–H and O–H groups in total. The first kappa shape index (κ1) is 10.0. The van der Waals surface area contributed by atoms with E-state index in [-0.39, 0.29) is 5.54 Å². The van der Waals surface area contributed by atoms with Crippen molar-refractivity contribution in [3.63, 3.8) is 0 Å². The van der Waals surface area contributed by atoms with Crippen LogP contribution in [0.15, 0.2) is 0 Å². The Morgan fingerprint density at radius 1 is 1.58 bits per heavy atom. The summed E-state index contributed by atoms with van der Waals surface area (Å²) in [7, 11) is 0. The van der Waals surface area contributed by atoms with Crippen LogP contribution in [0.25, 0.3) is 0 Å². The first-order chi connectivity index (χ1) is 5.54. The summed E-state index contributed by atoms with van der Waals surface area (Å²) in [4.78, 5) is 0. The molecule has 1 aliphatic heterocycles. The summed E-state index contributed by atoms with van der Waals surface area (Å²) in [5.74, 6) is 0.717. The quantitative estimate of drug-likeness (QED) is 0.699. The molecule has 0 radical (unpaired) electrons. The fourth-order valence-corrected chi connectivity index (χ4v) is 1.50. The Morgan fingerprint density at radius 3 is 2.67 bits per heavy atom. The zero-order valence-electron chi connectivity index (χ0n) is 8.68. The molecule has 72 valence electrons. The molecule has 2 atom stereocenters. The van der Waals surface area contributed by atoms with E-state index in [0.717, 1.165) is 25.5 Å². The van der Waals surface area contributed by atoms with Gasteiger partial charge in [0.05, 0.1) is 6.10 Å². The van der Waals surface area contributed by atoms with Crippen molar-refractivity contribution < 1.29 is 4.74 Å². The van der Waals surface area contributed by atoms with E-state index < -0.39 is 0 Å². The topological polar surface area (TPSA) is 21.3 Å². The maximum absolute atomic E-state index is 5.54. The van der Waals surface area contributed by atoms with Crippen LogP contribution in [0, 0.1) is 5.92 Å². The van der Waals surface area contributed by atoms with Gasteiger partial charge < -0.3 is 10.1 Å². The molecule has 1 saturated heterocycles. The molecule has 0 saturated carbocycles.